The number of aryl methyl sites for hydroxylation is 2. The first-order valence-electron chi connectivity index (χ1n) is 9.74. The van der Waals surface area contributed by atoms with E-state index in [0.29, 0.717) is 6.61 Å². The van der Waals surface area contributed by atoms with Crippen molar-refractivity contribution in [1.82, 2.24) is 4.90 Å². The molecule has 4 heteroatoms. The molecule has 4 nitrogen and oxygen atoms in total. The van der Waals surface area contributed by atoms with Crippen molar-refractivity contribution in [1.29, 1.82) is 0 Å². The number of hydrogen-bond acceptors (Lipinski definition) is 3. The molecular formula is C24H32N2O2. The van der Waals surface area contributed by atoms with Crippen LogP contribution in [0.5, 0.6) is 11.5 Å². The molecule has 0 spiro atoms. The Labute approximate surface area is 169 Å². The molecule has 2 rings (SSSR count). The summed E-state index contributed by atoms with van der Waals surface area (Å²) in [5, 5.41) is 0. The molecule has 2 aromatic rings. The van der Waals surface area contributed by atoms with Gasteiger partial charge in [-0.15, -0.1) is 0 Å². The molecule has 0 fully saturated rings. The number of aliphatic imine (C=N–C) groups is 1. The molecule has 1 unspecified atom stereocenters. The van der Waals surface area contributed by atoms with Gasteiger partial charge in [0.2, 0.25) is 0 Å². The van der Waals surface area contributed by atoms with Crippen LogP contribution in [0.1, 0.15) is 37.5 Å². The third-order valence-electron chi connectivity index (χ3n) is 4.85. The molecule has 0 saturated heterocycles. The predicted molar refractivity (Wildman–Crippen MR) is 118 cm³/mol. The quantitative estimate of drug-likeness (QED) is 0.297. The van der Waals surface area contributed by atoms with E-state index in [9.17, 15) is 0 Å². The number of ether oxygens (including phenoxy) is 2. The van der Waals surface area contributed by atoms with Gasteiger partial charge in [-0.1, -0.05) is 24.8 Å². The van der Waals surface area contributed by atoms with Crippen LogP contribution in [0.25, 0.3) is 0 Å². The SMILES string of the molecule is C=CC(C)(OCC)c1cccc(Oc2cc(C)c(N=CN(C)CC)cc2C)c1. The van der Waals surface area contributed by atoms with E-state index in [1.165, 1.54) is 0 Å². The Hall–Kier alpha value is -2.59. The van der Waals surface area contributed by atoms with Crippen molar-refractivity contribution in [3.63, 3.8) is 0 Å². The zero-order chi connectivity index (χ0) is 20.7. The van der Waals surface area contributed by atoms with Crippen LogP contribution in [0.3, 0.4) is 0 Å². The highest BCUT2D eigenvalue weighted by Crippen LogP contribution is 2.34. The Morgan fingerprint density at radius 3 is 2.54 bits per heavy atom. The van der Waals surface area contributed by atoms with E-state index in [1.54, 1.807) is 0 Å². The maximum Gasteiger partial charge on any atom is 0.130 e. The van der Waals surface area contributed by atoms with Crippen LogP contribution in [-0.4, -0.2) is 31.4 Å². The monoisotopic (exact) mass is 380 g/mol. The molecule has 0 aliphatic rings. The van der Waals surface area contributed by atoms with Crippen LogP contribution in [0.2, 0.25) is 0 Å². The van der Waals surface area contributed by atoms with Gasteiger partial charge in [0.25, 0.3) is 0 Å². The fraction of sp³-hybridized carbons (Fsp3) is 0.375. The maximum absolute atomic E-state index is 6.20. The highest BCUT2D eigenvalue weighted by atomic mass is 16.5. The molecular weight excluding hydrogens is 348 g/mol. The summed E-state index contributed by atoms with van der Waals surface area (Å²) in [5.74, 6) is 1.60. The van der Waals surface area contributed by atoms with Gasteiger partial charge in [0.1, 0.15) is 17.1 Å². The first-order chi connectivity index (χ1) is 13.3. The average Bonchev–Trinajstić information content (AvgIpc) is 2.69. The number of nitrogens with zero attached hydrogens (tertiary/aromatic N) is 2. The van der Waals surface area contributed by atoms with Gasteiger partial charge in [0.05, 0.1) is 12.0 Å². The lowest BCUT2D eigenvalue weighted by Gasteiger charge is -2.26. The second kappa shape index (κ2) is 9.56. The van der Waals surface area contributed by atoms with Gasteiger partial charge >= 0.3 is 0 Å². The Kier molecular flexibility index (Phi) is 7.41. The zero-order valence-corrected chi connectivity index (χ0v) is 18.0. The van der Waals surface area contributed by atoms with E-state index in [4.69, 9.17) is 9.47 Å². The van der Waals surface area contributed by atoms with Gasteiger partial charge in [-0.05, 0) is 75.6 Å². The Bertz CT molecular complexity index is 844. The summed E-state index contributed by atoms with van der Waals surface area (Å²) < 4.78 is 12.1. The van der Waals surface area contributed by atoms with Gasteiger partial charge in [0.15, 0.2) is 0 Å². The highest BCUT2D eigenvalue weighted by molar-refractivity contribution is 5.64. The first-order valence-corrected chi connectivity index (χ1v) is 9.74. The lowest BCUT2D eigenvalue weighted by Crippen LogP contribution is -2.22. The normalized spacial score (nSPS) is 13.4. The second-order valence-corrected chi connectivity index (χ2v) is 7.10. The minimum atomic E-state index is -0.539. The van der Waals surface area contributed by atoms with E-state index in [-0.39, 0.29) is 0 Å². The topological polar surface area (TPSA) is 34.1 Å². The molecule has 0 aliphatic heterocycles. The summed E-state index contributed by atoms with van der Waals surface area (Å²) >= 11 is 0. The summed E-state index contributed by atoms with van der Waals surface area (Å²) in [6, 6.07) is 12.1. The number of hydrogen-bond donors (Lipinski definition) is 0. The van der Waals surface area contributed by atoms with Crippen LogP contribution in [0.15, 0.2) is 54.0 Å². The largest absolute Gasteiger partial charge is 0.457 e. The third kappa shape index (κ3) is 5.23. The van der Waals surface area contributed by atoms with Gasteiger partial charge in [-0.2, -0.15) is 0 Å². The van der Waals surface area contributed by atoms with Crippen molar-refractivity contribution < 1.29 is 9.47 Å². The summed E-state index contributed by atoms with van der Waals surface area (Å²) in [4.78, 5) is 6.62. The fourth-order valence-electron chi connectivity index (χ4n) is 2.82. The van der Waals surface area contributed by atoms with Crippen LogP contribution >= 0.6 is 0 Å². The molecule has 0 bridgehead atoms. The average molecular weight is 381 g/mol. The lowest BCUT2D eigenvalue weighted by atomic mass is 9.95. The number of rotatable bonds is 9. The summed E-state index contributed by atoms with van der Waals surface area (Å²) in [7, 11) is 2.01. The summed E-state index contributed by atoms with van der Waals surface area (Å²) in [6.45, 7) is 15.6. The minimum absolute atomic E-state index is 0.539. The standard InChI is InChI=1S/C24H32N2O2/c1-8-24(6,27-10-3)20-12-11-13-21(16-20)28-23-15-18(4)22(14-19(23)5)25-17-26(7)9-2/h8,11-17H,1,9-10H2,2-7H3. The highest BCUT2D eigenvalue weighted by Gasteiger charge is 2.23. The second-order valence-electron chi connectivity index (χ2n) is 7.10. The van der Waals surface area contributed by atoms with E-state index in [0.717, 1.165) is 40.4 Å². The molecule has 0 amide bonds. The van der Waals surface area contributed by atoms with Gasteiger partial charge < -0.3 is 14.4 Å². The zero-order valence-electron chi connectivity index (χ0n) is 18.0. The molecule has 0 radical (unpaired) electrons. The van der Waals surface area contributed by atoms with E-state index >= 15 is 0 Å². The van der Waals surface area contributed by atoms with E-state index in [2.05, 4.69) is 24.6 Å². The fourth-order valence-corrected chi connectivity index (χ4v) is 2.82. The molecule has 0 aromatic heterocycles. The van der Waals surface area contributed by atoms with E-state index in [1.807, 2.05) is 82.4 Å². The lowest BCUT2D eigenvalue weighted by molar-refractivity contribution is 0.0105. The van der Waals surface area contributed by atoms with Gasteiger partial charge in [-0.3, -0.25) is 0 Å². The van der Waals surface area contributed by atoms with Crippen molar-refractivity contribution in [3.05, 3.63) is 65.7 Å². The molecule has 0 N–H and O–H groups in total. The van der Waals surface area contributed by atoms with Crippen molar-refractivity contribution in [3.8, 4) is 11.5 Å². The molecule has 1 atom stereocenters. The molecule has 0 saturated carbocycles. The molecule has 28 heavy (non-hydrogen) atoms. The van der Waals surface area contributed by atoms with E-state index < -0.39 is 5.60 Å². The molecule has 0 aliphatic carbocycles. The van der Waals surface area contributed by atoms with Crippen LogP contribution < -0.4 is 4.74 Å². The number of benzene rings is 2. The molecule has 150 valence electrons. The van der Waals surface area contributed by atoms with Gasteiger partial charge in [-0.25, -0.2) is 4.99 Å². The minimum Gasteiger partial charge on any atom is -0.457 e. The van der Waals surface area contributed by atoms with Crippen LogP contribution in [-0.2, 0) is 10.3 Å². The molecule has 0 heterocycles. The first kappa shape index (κ1) is 21.7. The maximum atomic E-state index is 6.20. The molecule has 2 aromatic carbocycles. The predicted octanol–water partition coefficient (Wildman–Crippen LogP) is 6.14. The van der Waals surface area contributed by atoms with Crippen molar-refractivity contribution in [2.45, 2.75) is 40.2 Å². The smallest absolute Gasteiger partial charge is 0.130 e. The van der Waals surface area contributed by atoms with Crippen LogP contribution in [0.4, 0.5) is 5.69 Å². The Morgan fingerprint density at radius 2 is 1.89 bits per heavy atom. The Balaban J connectivity index is 2.29. The Morgan fingerprint density at radius 1 is 1.14 bits per heavy atom. The van der Waals surface area contributed by atoms with Crippen molar-refractivity contribution in [2.75, 3.05) is 20.2 Å². The van der Waals surface area contributed by atoms with Crippen molar-refractivity contribution >= 4 is 12.0 Å². The van der Waals surface area contributed by atoms with Crippen LogP contribution in [0, 0.1) is 13.8 Å². The van der Waals surface area contributed by atoms with Crippen molar-refractivity contribution in [2.24, 2.45) is 4.99 Å². The third-order valence-corrected chi connectivity index (χ3v) is 4.85. The summed E-state index contributed by atoms with van der Waals surface area (Å²) in [6.07, 6.45) is 3.68. The summed E-state index contributed by atoms with van der Waals surface area (Å²) in [5.41, 5.74) is 3.54. The van der Waals surface area contributed by atoms with Gasteiger partial charge in [0, 0.05) is 20.2 Å².